The van der Waals surface area contributed by atoms with Crippen molar-refractivity contribution in [1.29, 1.82) is 5.26 Å². The van der Waals surface area contributed by atoms with Crippen LogP contribution in [0.25, 0.3) is 0 Å². The lowest BCUT2D eigenvalue weighted by Gasteiger charge is -2.21. The molecule has 0 bridgehead atoms. The summed E-state index contributed by atoms with van der Waals surface area (Å²) >= 11 is 0. The van der Waals surface area contributed by atoms with E-state index in [1.807, 2.05) is 6.07 Å². The molecule has 1 N–H and O–H groups in total. The summed E-state index contributed by atoms with van der Waals surface area (Å²) < 4.78 is 46.0. The van der Waals surface area contributed by atoms with Gasteiger partial charge in [-0.15, -0.1) is 0 Å². The maximum atomic E-state index is 13.4. The average Bonchev–Trinajstić information content (AvgIpc) is 3.55. The smallest absolute Gasteiger partial charge is 0.416 e. The Labute approximate surface area is 193 Å². The van der Waals surface area contributed by atoms with Crippen molar-refractivity contribution in [2.75, 3.05) is 11.9 Å². The maximum Gasteiger partial charge on any atom is 0.416 e. The summed E-state index contributed by atoms with van der Waals surface area (Å²) in [6, 6.07) is 9.91. The van der Waals surface area contributed by atoms with Gasteiger partial charge in [-0.05, 0) is 44.0 Å². The third-order valence-electron chi connectivity index (χ3n) is 5.84. The summed E-state index contributed by atoms with van der Waals surface area (Å²) in [7, 11) is 0. The van der Waals surface area contributed by atoms with Gasteiger partial charge in [-0.2, -0.15) is 18.4 Å². The molecule has 1 aliphatic rings. The average molecular weight is 467 g/mol. The predicted molar refractivity (Wildman–Crippen MR) is 116 cm³/mol. The largest absolute Gasteiger partial charge is 0.489 e. The number of nitrogens with zero attached hydrogens (tertiary/aromatic N) is 4. The fourth-order valence-electron chi connectivity index (χ4n) is 3.88. The van der Waals surface area contributed by atoms with Crippen LogP contribution in [0.5, 0.6) is 5.75 Å². The maximum absolute atomic E-state index is 13.4. The van der Waals surface area contributed by atoms with Crippen molar-refractivity contribution in [2.24, 2.45) is 5.92 Å². The minimum atomic E-state index is -4.52. The number of ether oxygens (including phenoxy) is 1. The molecule has 7 nitrogen and oxygen atoms in total. The number of amides is 1. The van der Waals surface area contributed by atoms with Crippen LogP contribution >= 0.6 is 0 Å². The molecule has 2 aromatic heterocycles. The third-order valence-corrected chi connectivity index (χ3v) is 5.84. The molecular formula is C24H20F3N5O2. The van der Waals surface area contributed by atoms with Gasteiger partial charge in [0.15, 0.2) is 5.75 Å². The molecule has 4 rings (SSSR count). The van der Waals surface area contributed by atoms with Gasteiger partial charge in [-0.3, -0.25) is 4.79 Å². The Bertz CT molecular complexity index is 1270. The second kappa shape index (κ2) is 8.74. The van der Waals surface area contributed by atoms with Crippen LogP contribution in [-0.2, 0) is 16.4 Å². The first-order valence-corrected chi connectivity index (χ1v) is 10.4. The standard InChI is InChI=1S/C24H20F3N5O2/c1-14-20(12-29-15(2)31-14)34-13-23(17-4-3-5-18(8-17)24(25,26)27)9-19(23)22(33)32-21-7-6-16(10-28)11-30-21/h3-8,11-12,19H,9,13H2,1-2H3,(H,30,32,33). The monoisotopic (exact) mass is 467 g/mol. The number of hydrogen-bond acceptors (Lipinski definition) is 6. The Morgan fingerprint density at radius 2 is 2.03 bits per heavy atom. The Kier molecular flexibility index (Phi) is 5.96. The molecule has 34 heavy (non-hydrogen) atoms. The lowest BCUT2D eigenvalue weighted by Crippen LogP contribution is -2.27. The fraction of sp³-hybridized carbons (Fsp3) is 0.292. The molecule has 2 heterocycles. The number of rotatable bonds is 6. The Morgan fingerprint density at radius 1 is 1.24 bits per heavy atom. The minimum Gasteiger partial charge on any atom is -0.489 e. The molecule has 3 aromatic rings. The molecular weight excluding hydrogens is 447 g/mol. The number of alkyl halides is 3. The summed E-state index contributed by atoms with van der Waals surface area (Å²) in [6.45, 7) is 3.45. The zero-order valence-corrected chi connectivity index (χ0v) is 18.3. The molecule has 1 amide bonds. The van der Waals surface area contributed by atoms with Crippen LogP contribution in [0.4, 0.5) is 19.0 Å². The molecule has 0 saturated heterocycles. The quantitative estimate of drug-likeness (QED) is 0.578. The van der Waals surface area contributed by atoms with Crippen LogP contribution in [0.15, 0.2) is 48.8 Å². The van der Waals surface area contributed by atoms with E-state index in [1.54, 1.807) is 19.9 Å². The van der Waals surface area contributed by atoms with Crippen LogP contribution in [0, 0.1) is 31.1 Å². The SMILES string of the molecule is Cc1ncc(OCC2(c3cccc(C(F)(F)F)c3)CC2C(=O)Nc2ccc(C#N)cn2)c(C)n1. The molecule has 0 spiro atoms. The molecule has 174 valence electrons. The van der Waals surface area contributed by atoms with E-state index in [0.717, 1.165) is 12.1 Å². The number of aryl methyl sites for hydroxylation is 2. The van der Waals surface area contributed by atoms with Crippen LogP contribution in [0.1, 0.15) is 34.6 Å². The van der Waals surface area contributed by atoms with Crippen molar-refractivity contribution in [1.82, 2.24) is 15.0 Å². The van der Waals surface area contributed by atoms with Gasteiger partial charge in [0, 0.05) is 11.6 Å². The summed E-state index contributed by atoms with van der Waals surface area (Å²) in [5.74, 6) is 0.181. The highest BCUT2D eigenvalue weighted by atomic mass is 19.4. The van der Waals surface area contributed by atoms with Crippen molar-refractivity contribution in [3.8, 4) is 11.8 Å². The van der Waals surface area contributed by atoms with E-state index in [9.17, 15) is 18.0 Å². The van der Waals surface area contributed by atoms with Gasteiger partial charge in [0.1, 0.15) is 17.7 Å². The second-order valence-electron chi connectivity index (χ2n) is 8.18. The Hall–Kier alpha value is -4.00. The third kappa shape index (κ3) is 4.69. The van der Waals surface area contributed by atoms with Crippen molar-refractivity contribution < 1.29 is 22.7 Å². The van der Waals surface area contributed by atoms with Crippen molar-refractivity contribution in [3.63, 3.8) is 0 Å². The summed E-state index contributed by atoms with van der Waals surface area (Å²) in [5.41, 5.74) is -0.461. The van der Waals surface area contributed by atoms with Gasteiger partial charge in [0.2, 0.25) is 5.91 Å². The molecule has 0 aliphatic heterocycles. The van der Waals surface area contributed by atoms with Crippen LogP contribution in [0.3, 0.4) is 0 Å². The first-order chi connectivity index (χ1) is 16.1. The number of carbonyl (C=O) groups excluding carboxylic acids is 1. The van der Waals surface area contributed by atoms with E-state index in [0.29, 0.717) is 34.8 Å². The number of nitriles is 1. The topological polar surface area (TPSA) is 101 Å². The molecule has 1 aliphatic carbocycles. The van der Waals surface area contributed by atoms with E-state index < -0.39 is 29.0 Å². The van der Waals surface area contributed by atoms with E-state index in [1.165, 1.54) is 30.6 Å². The number of aromatic nitrogens is 3. The highest BCUT2D eigenvalue weighted by Crippen LogP contribution is 2.55. The molecule has 1 saturated carbocycles. The summed E-state index contributed by atoms with van der Waals surface area (Å²) in [4.78, 5) is 25.4. The van der Waals surface area contributed by atoms with Crippen molar-refractivity contribution >= 4 is 11.7 Å². The van der Waals surface area contributed by atoms with E-state index >= 15 is 0 Å². The van der Waals surface area contributed by atoms with Crippen molar-refractivity contribution in [2.45, 2.75) is 31.9 Å². The Morgan fingerprint density at radius 3 is 2.68 bits per heavy atom. The number of benzene rings is 1. The zero-order chi connectivity index (χ0) is 24.5. The molecule has 10 heteroatoms. The summed E-state index contributed by atoms with van der Waals surface area (Å²) in [5, 5.41) is 11.6. The number of carbonyl (C=O) groups is 1. The van der Waals surface area contributed by atoms with E-state index in [4.69, 9.17) is 10.00 Å². The Balaban J connectivity index is 1.61. The summed E-state index contributed by atoms with van der Waals surface area (Å²) in [6.07, 6.45) is -1.39. The molecule has 0 radical (unpaired) electrons. The highest BCUT2D eigenvalue weighted by Gasteiger charge is 2.60. The number of halogens is 3. The lowest BCUT2D eigenvalue weighted by molar-refractivity contribution is -0.137. The van der Waals surface area contributed by atoms with Gasteiger partial charge in [0.05, 0.1) is 35.5 Å². The molecule has 1 aromatic carbocycles. The van der Waals surface area contributed by atoms with Gasteiger partial charge < -0.3 is 10.1 Å². The van der Waals surface area contributed by atoms with Crippen LogP contribution in [-0.4, -0.2) is 27.5 Å². The van der Waals surface area contributed by atoms with Gasteiger partial charge in [0.25, 0.3) is 0 Å². The second-order valence-corrected chi connectivity index (χ2v) is 8.18. The molecule has 2 unspecified atom stereocenters. The number of nitrogens with one attached hydrogen (secondary N) is 1. The van der Waals surface area contributed by atoms with Gasteiger partial charge in [-0.1, -0.05) is 18.2 Å². The van der Waals surface area contributed by atoms with E-state index in [2.05, 4.69) is 20.3 Å². The van der Waals surface area contributed by atoms with Gasteiger partial charge >= 0.3 is 6.18 Å². The minimum absolute atomic E-state index is 0.0273. The van der Waals surface area contributed by atoms with Crippen LogP contribution < -0.4 is 10.1 Å². The number of pyridine rings is 1. The lowest BCUT2D eigenvalue weighted by atomic mass is 9.92. The zero-order valence-electron chi connectivity index (χ0n) is 18.3. The first-order valence-electron chi connectivity index (χ1n) is 10.4. The predicted octanol–water partition coefficient (Wildman–Crippen LogP) is 4.35. The molecule has 1 fully saturated rings. The molecule has 2 atom stereocenters. The fourth-order valence-corrected chi connectivity index (χ4v) is 3.88. The van der Waals surface area contributed by atoms with Gasteiger partial charge in [-0.25, -0.2) is 15.0 Å². The van der Waals surface area contributed by atoms with Crippen LogP contribution in [0.2, 0.25) is 0 Å². The number of anilines is 1. The highest BCUT2D eigenvalue weighted by molar-refractivity contribution is 5.95. The van der Waals surface area contributed by atoms with Crippen molar-refractivity contribution in [3.05, 3.63) is 77.0 Å². The number of hydrogen-bond donors (Lipinski definition) is 1. The van der Waals surface area contributed by atoms with E-state index in [-0.39, 0.29) is 12.4 Å². The first kappa shape index (κ1) is 23.2. The normalized spacial score (nSPS) is 19.2.